The third-order valence-electron chi connectivity index (χ3n) is 3.51. The maximum atomic E-state index is 5.41. The molecule has 2 rings (SSSR count). The van der Waals surface area contributed by atoms with Crippen molar-refractivity contribution in [3.05, 3.63) is 52.4 Å². The molecule has 3 nitrogen and oxygen atoms in total. The summed E-state index contributed by atoms with van der Waals surface area (Å²) in [6.07, 6.45) is 4.75. The summed E-state index contributed by atoms with van der Waals surface area (Å²) in [5, 5.41) is 3.55. The van der Waals surface area contributed by atoms with Gasteiger partial charge in [-0.3, -0.25) is 0 Å². The van der Waals surface area contributed by atoms with E-state index < -0.39 is 0 Å². The lowest BCUT2D eigenvalue weighted by Gasteiger charge is -2.18. The summed E-state index contributed by atoms with van der Waals surface area (Å²) in [5.74, 6) is 1.92. The van der Waals surface area contributed by atoms with Crippen molar-refractivity contribution in [2.75, 3.05) is 13.7 Å². The van der Waals surface area contributed by atoms with Gasteiger partial charge in [0.15, 0.2) is 0 Å². The van der Waals surface area contributed by atoms with E-state index in [9.17, 15) is 0 Å². The van der Waals surface area contributed by atoms with Crippen molar-refractivity contribution in [1.82, 2.24) is 5.32 Å². The van der Waals surface area contributed by atoms with Crippen molar-refractivity contribution in [2.24, 2.45) is 0 Å². The lowest BCUT2D eigenvalue weighted by atomic mass is 10.0. The molecular weight excluding hydrogens is 330 g/mol. The molecule has 1 N–H and O–H groups in total. The summed E-state index contributed by atoms with van der Waals surface area (Å²) in [6, 6.07) is 10.7. The van der Waals surface area contributed by atoms with Gasteiger partial charge in [0.25, 0.3) is 0 Å². The number of methoxy groups -OCH3 is 1. The monoisotopic (exact) mass is 351 g/mol. The van der Waals surface area contributed by atoms with Crippen LogP contribution < -0.4 is 10.1 Å². The molecule has 4 heteroatoms. The third-order valence-corrected chi connectivity index (χ3v) is 4.13. The Morgan fingerprint density at radius 2 is 2.19 bits per heavy atom. The third kappa shape index (κ3) is 4.90. The predicted octanol–water partition coefficient (Wildman–Crippen LogP) is 4.20. The van der Waals surface area contributed by atoms with Crippen molar-refractivity contribution in [3.63, 3.8) is 0 Å². The van der Waals surface area contributed by atoms with Gasteiger partial charge >= 0.3 is 0 Å². The fraction of sp³-hybridized carbons (Fsp3) is 0.412. The van der Waals surface area contributed by atoms with E-state index in [4.69, 9.17) is 9.15 Å². The van der Waals surface area contributed by atoms with Gasteiger partial charge in [-0.25, -0.2) is 0 Å². The first-order valence-corrected chi connectivity index (χ1v) is 8.10. The minimum Gasteiger partial charge on any atom is -0.496 e. The summed E-state index contributed by atoms with van der Waals surface area (Å²) in [5.41, 5.74) is 1.30. The van der Waals surface area contributed by atoms with Crippen LogP contribution in [-0.2, 0) is 12.8 Å². The molecule has 21 heavy (non-hydrogen) atoms. The van der Waals surface area contributed by atoms with E-state index in [1.807, 2.05) is 18.2 Å². The van der Waals surface area contributed by atoms with Gasteiger partial charge in [0, 0.05) is 12.5 Å². The van der Waals surface area contributed by atoms with Gasteiger partial charge in [-0.1, -0.05) is 13.0 Å². The zero-order valence-electron chi connectivity index (χ0n) is 12.6. The highest BCUT2D eigenvalue weighted by molar-refractivity contribution is 9.10. The molecule has 0 spiro atoms. The van der Waals surface area contributed by atoms with Crippen LogP contribution in [0.4, 0.5) is 0 Å². The second kappa shape index (κ2) is 8.25. The van der Waals surface area contributed by atoms with Gasteiger partial charge in [-0.15, -0.1) is 0 Å². The molecule has 1 unspecified atom stereocenters. The summed E-state index contributed by atoms with van der Waals surface area (Å²) in [6.45, 7) is 3.12. The predicted molar refractivity (Wildman–Crippen MR) is 88.9 cm³/mol. The number of halogens is 1. The van der Waals surface area contributed by atoms with E-state index in [2.05, 4.69) is 40.3 Å². The van der Waals surface area contributed by atoms with Crippen LogP contribution in [-0.4, -0.2) is 19.7 Å². The molecule has 1 atom stereocenters. The Labute approximate surface area is 134 Å². The second-order valence-corrected chi connectivity index (χ2v) is 5.90. The van der Waals surface area contributed by atoms with Crippen LogP contribution in [0.1, 0.15) is 24.7 Å². The van der Waals surface area contributed by atoms with E-state index in [0.29, 0.717) is 6.04 Å². The van der Waals surface area contributed by atoms with Crippen molar-refractivity contribution >= 4 is 15.9 Å². The Balaban J connectivity index is 1.96. The standard InChI is InChI=1S/C17H22BrNO2/c1-3-19-14(7-8-15-5-4-10-21-15)11-13-6-9-17(20-2)16(18)12-13/h4-6,9-10,12,14,19H,3,7-8,11H2,1-2H3. The smallest absolute Gasteiger partial charge is 0.133 e. The highest BCUT2D eigenvalue weighted by Crippen LogP contribution is 2.26. The average molecular weight is 352 g/mol. The quantitative estimate of drug-likeness (QED) is 0.773. The van der Waals surface area contributed by atoms with Crippen molar-refractivity contribution in [2.45, 2.75) is 32.2 Å². The molecule has 0 radical (unpaired) electrons. The topological polar surface area (TPSA) is 34.4 Å². The maximum Gasteiger partial charge on any atom is 0.133 e. The fourth-order valence-corrected chi connectivity index (χ4v) is 3.05. The lowest BCUT2D eigenvalue weighted by molar-refractivity contribution is 0.411. The van der Waals surface area contributed by atoms with E-state index in [1.165, 1.54) is 5.56 Å². The molecule has 1 aromatic carbocycles. The van der Waals surface area contributed by atoms with E-state index in [1.54, 1.807) is 13.4 Å². The number of hydrogen-bond acceptors (Lipinski definition) is 3. The highest BCUT2D eigenvalue weighted by atomic mass is 79.9. The van der Waals surface area contributed by atoms with Gasteiger partial charge in [0.1, 0.15) is 11.5 Å². The van der Waals surface area contributed by atoms with E-state index in [0.717, 1.165) is 41.8 Å². The maximum absolute atomic E-state index is 5.41. The van der Waals surface area contributed by atoms with Gasteiger partial charge in [-0.2, -0.15) is 0 Å². The van der Waals surface area contributed by atoms with Crippen molar-refractivity contribution < 1.29 is 9.15 Å². The number of nitrogens with one attached hydrogen (secondary N) is 1. The Kier molecular flexibility index (Phi) is 6.33. The zero-order valence-corrected chi connectivity index (χ0v) is 14.2. The minimum absolute atomic E-state index is 0.445. The molecule has 0 bridgehead atoms. The molecule has 0 aliphatic carbocycles. The van der Waals surface area contributed by atoms with Crippen LogP contribution in [0.5, 0.6) is 5.75 Å². The molecule has 0 amide bonds. The zero-order chi connectivity index (χ0) is 15.1. The van der Waals surface area contributed by atoms with E-state index in [-0.39, 0.29) is 0 Å². The van der Waals surface area contributed by atoms with Gasteiger partial charge in [0.05, 0.1) is 17.8 Å². The van der Waals surface area contributed by atoms with Crippen LogP contribution >= 0.6 is 15.9 Å². The number of aryl methyl sites for hydroxylation is 1. The lowest BCUT2D eigenvalue weighted by Crippen LogP contribution is -2.31. The Hall–Kier alpha value is -1.26. The van der Waals surface area contributed by atoms with Crippen LogP contribution in [0.3, 0.4) is 0 Å². The molecule has 0 saturated carbocycles. The molecule has 1 heterocycles. The molecule has 0 fully saturated rings. The van der Waals surface area contributed by atoms with Gasteiger partial charge in [-0.05, 0) is 65.1 Å². The van der Waals surface area contributed by atoms with Crippen LogP contribution in [0.25, 0.3) is 0 Å². The number of likely N-dealkylation sites (N-methyl/N-ethyl adjacent to an activating group) is 1. The molecule has 2 aromatic rings. The van der Waals surface area contributed by atoms with Gasteiger partial charge in [0.2, 0.25) is 0 Å². The van der Waals surface area contributed by atoms with Crippen LogP contribution in [0.15, 0.2) is 45.5 Å². The van der Waals surface area contributed by atoms with Crippen LogP contribution in [0.2, 0.25) is 0 Å². The summed E-state index contributed by atoms with van der Waals surface area (Å²) < 4.78 is 11.7. The van der Waals surface area contributed by atoms with Crippen LogP contribution in [0, 0.1) is 0 Å². The number of hydrogen-bond donors (Lipinski definition) is 1. The number of benzene rings is 1. The summed E-state index contributed by atoms with van der Waals surface area (Å²) >= 11 is 3.55. The first kappa shape index (κ1) is 16.1. The molecule has 114 valence electrons. The number of rotatable bonds is 8. The fourth-order valence-electron chi connectivity index (χ4n) is 2.46. The first-order chi connectivity index (χ1) is 10.2. The average Bonchev–Trinajstić information content (AvgIpc) is 2.98. The van der Waals surface area contributed by atoms with Crippen molar-refractivity contribution in [3.8, 4) is 5.75 Å². The molecular formula is C17H22BrNO2. The second-order valence-electron chi connectivity index (χ2n) is 5.05. The Morgan fingerprint density at radius 1 is 1.33 bits per heavy atom. The minimum atomic E-state index is 0.445. The molecule has 1 aromatic heterocycles. The SMILES string of the molecule is CCNC(CCc1ccco1)Cc1ccc(OC)c(Br)c1. The molecule has 0 aliphatic rings. The first-order valence-electron chi connectivity index (χ1n) is 7.31. The largest absolute Gasteiger partial charge is 0.496 e. The summed E-state index contributed by atoms with van der Waals surface area (Å²) in [7, 11) is 1.69. The normalized spacial score (nSPS) is 12.3. The highest BCUT2D eigenvalue weighted by Gasteiger charge is 2.11. The van der Waals surface area contributed by atoms with Crippen molar-refractivity contribution in [1.29, 1.82) is 0 Å². The number of furan rings is 1. The Bertz CT molecular complexity index is 540. The molecule has 0 saturated heterocycles. The Morgan fingerprint density at radius 3 is 2.81 bits per heavy atom. The molecule has 0 aliphatic heterocycles. The number of ether oxygens (including phenoxy) is 1. The van der Waals surface area contributed by atoms with Gasteiger partial charge < -0.3 is 14.5 Å². The van der Waals surface area contributed by atoms with E-state index >= 15 is 0 Å². The summed E-state index contributed by atoms with van der Waals surface area (Å²) in [4.78, 5) is 0.